The van der Waals surface area contributed by atoms with Crippen molar-refractivity contribution in [1.82, 2.24) is 0 Å². The molecule has 0 unspecified atom stereocenters. The monoisotopic (exact) mass is 408 g/mol. The summed E-state index contributed by atoms with van der Waals surface area (Å²) < 4.78 is 5.89. The molecule has 0 aliphatic heterocycles. The quantitative estimate of drug-likeness (QED) is 0.416. The highest BCUT2D eigenvalue weighted by Crippen LogP contribution is 2.32. The highest BCUT2D eigenvalue weighted by atomic mass is 32.1. The number of benzene rings is 2. The fourth-order valence-electron chi connectivity index (χ4n) is 3.46. The Labute approximate surface area is 172 Å². The SMILES string of the molecule is CCc1cc(C(=O)Nc2cc(Oc3ccc4c(c3)CCC4)cc([N+](=O)[O-])c2)cs1. The molecule has 1 N–H and O–H groups in total. The molecule has 148 valence electrons. The minimum Gasteiger partial charge on any atom is -0.457 e. The van der Waals surface area contributed by atoms with Crippen molar-refractivity contribution in [2.24, 2.45) is 0 Å². The van der Waals surface area contributed by atoms with E-state index in [4.69, 9.17) is 4.74 Å². The molecule has 1 aromatic heterocycles. The van der Waals surface area contributed by atoms with Crippen LogP contribution in [-0.4, -0.2) is 10.8 Å². The zero-order valence-corrected chi connectivity index (χ0v) is 16.8. The Hall–Kier alpha value is -3.19. The largest absolute Gasteiger partial charge is 0.457 e. The van der Waals surface area contributed by atoms with Crippen LogP contribution in [0.2, 0.25) is 0 Å². The molecule has 0 saturated carbocycles. The van der Waals surface area contributed by atoms with Gasteiger partial charge in [-0.15, -0.1) is 11.3 Å². The standard InChI is InChI=1S/C22H20N2O4S/c1-2-21-9-16(13-29-21)22(25)23-17-10-18(24(26)27)12-20(11-17)28-19-7-6-14-4-3-5-15(14)8-19/h6-13H,2-5H2,1H3,(H,23,25). The van der Waals surface area contributed by atoms with Crippen molar-refractivity contribution in [3.8, 4) is 11.5 Å². The van der Waals surface area contributed by atoms with Gasteiger partial charge in [-0.1, -0.05) is 13.0 Å². The number of hydrogen-bond acceptors (Lipinski definition) is 5. The van der Waals surface area contributed by atoms with Crippen molar-refractivity contribution in [2.45, 2.75) is 32.6 Å². The van der Waals surface area contributed by atoms with E-state index < -0.39 is 4.92 Å². The number of nitrogens with zero attached hydrogens (tertiary/aromatic N) is 1. The van der Waals surface area contributed by atoms with E-state index in [2.05, 4.69) is 5.32 Å². The van der Waals surface area contributed by atoms with Crippen LogP contribution in [-0.2, 0) is 19.3 Å². The highest BCUT2D eigenvalue weighted by Gasteiger charge is 2.16. The van der Waals surface area contributed by atoms with Gasteiger partial charge in [0.05, 0.1) is 22.2 Å². The fraction of sp³-hybridized carbons (Fsp3) is 0.227. The summed E-state index contributed by atoms with van der Waals surface area (Å²) >= 11 is 1.52. The van der Waals surface area contributed by atoms with Crippen molar-refractivity contribution < 1.29 is 14.5 Å². The van der Waals surface area contributed by atoms with Crippen molar-refractivity contribution in [3.63, 3.8) is 0 Å². The van der Waals surface area contributed by atoms with E-state index in [0.717, 1.165) is 30.6 Å². The Morgan fingerprint density at radius 3 is 2.72 bits per heavy atom. The maximum atomic E-state index is 12.5. The summed E-state index contributed by atoms with van der Waals surface area (Å²) in [4.78, 5) is 24.5. The molecule has 0 atom stereocenters. The lowest BCUT2D eigenvalue weighted by molar-refractivity contribution is -0.384. The van der Waals surface area contributed by atoms with Crippen molar-refractivity contribution in [2.75, 3.05) is 5.32 Å². The molecule has 6 nitrogen and oxygen atoms in total. The summed E-state index contributed by atoms with van der Waals surface area (Å²) in [5.41, 5.74) is 3.31. The molecule has 1 heterocycles. The Morgan fingerprint density at radius 1 is 1.14 bits per heavy atom. The summed E-state index contributed by atoms with van der Waals surface area (Å²) in [6.45, 7) is 2.02. The summed E-state index contributed by atoms with van der Waals surface area (Å²) in [5.74, 6) is 0.644. The van der Waals surface area contributed by atoms with Crippen LogP contribution in [0.1, 0.15) is 39.7 Å². The predicted octanol–water partition coefficient (Wildman–Crippen LogP) is 5.75. The average molecular weight is 408 g/mol. The van der Waals surface area contributed by atoms with E-state index in [9.17, 15) is 14.9 Å². The molecule has 0 saturated heterocycles. The van der Waals surface area contributed by atoms with Crippen LogP contribution in [0.3, 0.4) is 0 Å². The Morgan fingerprint density at radius 2 is 1.97 bits per heavy atom. The molecule has 0 fully saturated rings. The van der Waals surface area contributed by atoms with Gasteiger partial charge in [-0.3, -0.25) is 14.9 Å². The number of nitro benzene ring substituents is 1. The van der Waals surface area contributed by atoms with Crippen LogP contribution in [0.5, 0.6) is 11.5 Å². The third-order valence-corrected chi connectivity index (χ3v) is 6.01. The molecule has 0 radical (unpaired) electrons. The smallest absolute Gasteiger partial charge is 0.275 e. The van der Waals surface area contributed by atoms with Crippen LogP contribution in [0.4, 0.5) is 11.4 Å². The zero-order chi connectivity index (χ0) is 20.4. The lowest BCUT2D eigenvalue weighted by Gasteiger charge is -2.10. The molecule has 1 aliphatic carbocycles. The van der Waals surface area contributed by atoms with Gasteiger partial charge in [0.15, 0.2) is 0 Å². The third kappa shape index (κ3) is 4.30. The lowest BCUT2D eigenvalue weighted by Crippen LogP contribution is -2.11. The van der Waals surface area contributed by atoms with E-state index in [1.165, 1.54) is 34.6 Å². The van der Waals surface area contributed by atoms with Crippen molar-refractivity contribution in [1.29, 1.82) is 0 Å². The van der Waals surface area contributed by atoms with E-state index in [0.29, 0.717) is 22.7 Å². The van der Waals surface area contributed by atoms with Gasteiger partial charge < -0.3 is 10.1 Å². The number of thiophene rings is 1. The van der Waals surface area contributed by atoms with Crippen molar-refractivity contribution in [3.05, 3.63) is 79.5 Å². The molecular formula is C22H20N2O4S. The van der Waals surface area contributed by atoms with Gasteiger partial charge in [0.2, 0.25) is 0 Å². The molecule has 2 aromatic carbocycles. The minimum absolute atomic E-state index is 0.140. The number of aryl methyl sites for hydroxylation is 3. The molecule has 7 heteroatoms. The number of anilines is 1. The van der Waals surface area contributed by atoms with Crippen LogP contribution >= 0.6 is 11.3 Å². The maximum Gasteiger partial charge on any atom is 0.275 e. The summed E-state index contributed by atoms with van der Waals surface area (Å²) in [7, 11) is 0. The molecule has 1 amide bonds. The van der Waals surface area contributed by atoms with Crippen LogP contribution in [0.25, 0.3) is 0 Å². The van der Waals surface area contributed by atoms with Gasteiger partial charge in [0.1, 0.15) is 11.5 Å². The topological polar surface area (TPSA) is 81.5 Å². The van der Waals surface area contributed by atoms with Gasteiger partial charge in [0.25, 0.3) is 11.6 Å². The van der Waals surface area contributed by atoms with Crippen LogP contribution < -0.4 is 10.1 Å². The first-order valence-corrected chi connectivity index (χ1v) is 10.4. The molecule has 3 aromatic rings. The number of hydrogen-bond donors (Lipinski definition) is 1. The van der Waals surface area contributed by atoms with Crippen LogP contribution in [0.15, 0.2) is 47.8 Å². The van der Waals surface area contributed by atoms with Gasteiger partial charge >= 0.3 is 0 Å². The molecule has 29 heavy (non-hydrogen) atoms. The fourth-order valence-corrected chi connectivity index (χ4v) is 4.27. The Bertz CT molecular complexity index is 1090. The number of nitro groups is 1. The third-order valence-electron chi connectivity index (χ3n) is 4.93. The molecule has 0 spiro atoms. The number of rotatable bonds is 6. The summed E-state index contributed by atoms with van der Waals surface area (Å²) in [5, 5.41) is 15.9. The summed E-state index contributed by atoms with van der Waals surface area (Å²) in [6, 6.07) is 12.0. The number of non-ortho nitro benzene ring substituents is 1. The van der Waals surface area contributed by atoms with Crippen molar-refractivity contribution >= 4 is 28.6 Å². The van der Waals surface area contributed by atoms with E-state index in [-0.39, 0.29) is 11.6 Å². The molecule has 0 bridgehead atoms. The number of nitrogens with one attached hydrogen (secondary N) is 1. The molecule has 4 rings (SSSR count). The highest BCUT2D eigenvalue weighted by molar-refractivity contribution is 7.10. The number of carbonyl (C=O) groups is 1. The van der Waals surface area contributed by atoms with Gasteiger partial charge in [-0.2, -0.15) is 0 Å². The molecular weight excluding hydrogens is 388 g/mol. The number of fused-ring (bicyclic) bond motifs is 1. The second-order valence-electron chi connectivity index (χ2n) is 6.97. The maximum absolute atomic E-state index is 12.5. The van der Waals surface area contributed by atoms with Crippen LogP contribution in [0, 0.1) is 10.1 Å². The van der Waals surface area contributed by atoms with E-state index >= 15 is 0 Å². The zero-order valence-electron chi connectivity index (χ0n) is 15.9. The normalized spacial score (nSPS) is 12.4. The second-order valence-corrected chi connectivity index (χ2v) is 7.96. The Kier molecular flexibility index (Phi) is 5.31. The summed E-state index contributed by atoms with van der Waals surface area (Å²) in [6.07, 6.45) is 4.08. The van der Waals surface area contributed by atoms with Gasteiger partial charge in [-0.05, 0) is 55.0 Å². The van der Waals surface area contributed by atoms with E-state index in [1.54, 1.807) is 11.4 Å². The number of ether oxygens (including phenoxy) is 1. The van der Waals surface area contributed by atoms with Gasteiger partial charge in [-0.25, -0.2) is 0 Å². The predicted molar refractivity (Wildman–Crippen MR) is 113 cm³/mol. The Balaban J connectivity index is 1.58. The average Bonchev–Trinajstić information content (AvgIpc) is 3.36. The molecule has 1 aliphatic rings. The minimum atomic E-state index is -0.495. The number of amides is 1. The lowest BCUT2D eigenvalue weighted by atomic mass is 10.1. The first-order valence-electron chi connectivity index (χ1n) is 9.49. The number of carbonyl (C=O) groups excluding carboxylic acids is 1. The van der Waals surface area contributed by atoms with Gasteiger partial charge in [0, 0.05) is 22.4 Å². The second kappa shape index (κ2) is 8.05. The van der Waals surface area contributed by atoms with E-state index in [1.807, 2.05) is 31.2 Å². The first kappa shape index (κ1) is 19.1. The first-order chi connectivity index (χ1) is 14.0.